The number of sulfonamides is 1. The number of aryl methyl sites for hydroxylation is 1. The molecular formula is C22H24N2O4S2. The highest BCUT2D eigenvalue weighted by molar-refractivity contribution is 7.89. The van der Waals surface area contributed by atoms with Crippen LogP contribution in [0, 0.1) is 0 Å². The van der Waals surface area contributed by atoms with E-state index in [0.29, 0.717) is 24.4 Å². The average Bonchev–Trinajstić information content (AvgIpc) is 3.20. The molecule has 4 rings (SSSR count). The van der Waals surface area contributed by atoms with E-state index in [2.05, 4.69) is 4.98 Å². The average molecular weight is 445 g/mol. The quantitative estimate of drug-likeness (QED) is 0.512. The number of aromatic nitrogens is 1. The first-order chi connectivity index (χ1) is 14.5. The predicted octanol–water partition coefficient (Wildman–Crippen LogP) is 4.15. The van der Waals surface area contributed by atoms with Gasteiger partial charge in [-0.3, -0.25) is 4.79 Å². The molecule has 158 valence electrons. The van der Waals surface area contributed by atoms with Gasteiger partial charge in [0.05, 0.1) is 15.1 Å². The lowest BCUT2D eigenvalue weighted by Gasteiger charge is -2.25. The zero-order chi connectivity index (χ0) is 21.0. The van der Waals surface area contributed by atoms with E-state index in [1.54, 1.807) is 28.6 Å². The van der Waals surface area contributed by atoms with Gasteiger partial charge < -0.3 is 4.74 Å². The SMILES string of the molecule is O=C(CCc1ccc(S(=O)(=O)N2CCCCC2)cc1)OCc1nc2ccccc2s1. The first-order valence-electron chi connectivity index (χ1n) is 10.1. The molecule has 1 saturated heterocycles. The largest absolute Gasteiger partial charge is 0.458 e. The molecule has 1 aliphatic heterocycles. The summed E-state index contributed by atoms with van der Waals surface area (Å²) in [5, 5.41) is 0.775. The number of piperidine rings is 1. The molecule has 8 heteroatoms. The van der Waals surface area contributed by atoms with Crippen LogP contribution in [0.4, 0.5) is 0 Å². The van der Waals surface area contributed by atoms with E-state index in [0.717, 1.165) is 40.1 Å². The molecule has 3 aromatic rings. The molecule has 0 atom stereocenters. The first-order valence-corrected chi connectivity index (χ1v) is 12.4. The number of fused-ring (bicyclic) bond motifs is 1. The van der Waals surface area contributed by atoms with Gasteiger partial charge in [0.2, 0.25) is 10.0 Å². The standard InChI is InChI=1S/C22H24N2O4S2/c25-22(28-16-21-23-19-6-2-3-7-20(19)29-21)13-10-17-8-11-18(12-9-17)30(26,27)24-14-4-1-5-15-24/h2-3,6-9,11-12H,1,4-5,10,13-16H2. The highest BCUT2D eigenvalue weighted by Crippen LogP contribution is 2.23. The van der Waals surface area contributed by atoms with Crippen LogP contribution >= 0.6 is 11.3 Å². The first kappa shape index (κ1) is 21.0. The van der Waals surface area contributed by atoms with Gasteiger partial charge in [0, 0.05) is 19.5 Å². The molecule has 0 saturated carbocycles. The van der Waals surface area contributed by atoms with Crippen molar-refractivity contribution >= 4 is 37.5 Å². The van der Waals surface area contributed by atoms with Crippen LogP contribution in [0.1, 0.15) is 36.3 Å². The molecule has 0 amide bonds. The Morgan fingerprint density at radius 3 is 2.50 bits per heavy atom. The van der Waals surface area contributed by atoms with Gasteiger partial charge in [-0.25, -0.2) is 13.4 Å². The molecule has 0 aliphatic carbocycles. The maximum Gasteiger partial charge on any atom is 0.306 e. The summed E-state index contributed by atoms with van der Waals surface area (Å²) in [7, 11) is -3.42. The van der Waals surface area contributed by atoms with E-state index < -0.39 is 10.0 Å². The number of ether oxygens (including phenoxy) is 1. The smallest absolute Gasteiger partial charge is 0.306 e. The predicted molar refractivity (Wildman–Crippen MR) is 117 cm³/mol. The lowest BCUT2D eigenvalue weighted by molar-refractivity contribution is -0.144. The Balaban J connectivity index is 1.28. The van der Waals surface area contributed by atoms with Crippen LogP contribution < -0.4 is 0 Å². The van der Waals surface area contributed by atoms with Gasteiger partial charge in [0.15, 0.2) is 0 Å². The molecule has 2 aromatic carbocycles. The summed E-state index contributed by atoms with van der Waals surface area (Å²) in [6, 6.07) is 14.6. The van der Waals surface area contributed by atoms with Gasteiger partial charge in [-0.1, -0.05) is 30.7 Å². The van der Waals surface area contributed by atoms with Crippen molar-refractivity contribution < 1.29 is 17.9 Å². The second-order valence-corrected chi connectivity index (χ2v) is 10.4. The monoisotopic (exact) mass is 444 g/mol. The van der Waals surface area contributed by atoms with E-state index >= 15 is 0 Å². The molecule has 0 N–H and O–H groups in total. The number of hydrogen-bond acceptors (Lipinski definition) is 6. The summed E-state index contributed by atoms with van der Waals surface area (Å²) in [5.41, 5.74) is 1.82. The van der Waals surface area contributed by atoms with Crippen molar-refractivity contribution in [1.29, 1.82) is 0 Å². The second-order valence-electron chi connectivity index (χ2n) is 7.34. The van der Waals surface area contributed by atoms with Gasteiger partial charge >= 0.3 is 5.97 Å². The third kappa shape index (κ3) is 4.88. The maximum absolute atomic E-state index is 12.7. The number of carbonyl (C=O) groups excluding carboxylic acids is 1. The topological polar surface area (TPSA) is 76.6 Å². The summed E-state index contributed by atoms with van der Waals surface area (Å²) in [6.45, 7) is 1.35. The van der Waals surface area contributed by atoms with Crippen molar-refractivity contribution in [2.75, 3.05) is 13.1 Å². The Morgan fingerprint density at radius 2 is 1.77 bits per heavy atom. The second kappa shape index (κ2) is 9.24. The van der Waals surface area contributed by atoms with Gasteiger partial charge in [-0.05, 0) is 49.1 Å². The highest BCUT2D eigenvalue weighted by Gasteiger charge is 2.25. The van der Waals surface area contributed by atoms with E-state index in [-0.39, 0.29) is 19.0 Å². The number of nitrogens with zero attached hydrogens (tertiary/aromatic N) is 2. The maximum atomic E-state index is 12.7. The normalized spacial score (nSPS) is 15.3. The van der Waals surface area contributed by atoms with Gasteiger partial charge in [0.1, 0.15) is 11.6 Å². The Labute approximate surface area is 180 Å². The molecule has 1 aliphatic rings. The van der Waals surface area contributed by atoms with Crippen LogP contribution in [-0.4, -0.2) is 36.8 Å². The van der Waals surface area contributed by atoms with Crippen molar-refractivity contribution in [2.45, 2.75) is 43.6 Å². The lowest BCUT2D eigenvalue weighted by atomic mass is 10.1. The van der Waals surface area contributed by atoms with Crippen LogP contribution in [0.3, 0.4) is 0 Å². The minimum atomic E-state index is -3.42. The number of thiazole rings is 1. The number of hydrogen-bond donors (Lipinski definition) is 0. The van der Waals surface area contributed by atoms with Gasteiger partial charge in [0.25, 0.3) is 0 Å². The Kier molecular flexibility index (Phi) is 6.46. The Bertz CT molecular complexity index is 1080. The Hall–Kier alpha value is -2.29. The number of para-hydroxylation sites is 1. The van der Waals surface area contributed by atoms with Crippen LogP contribution in [-0.2, 0) is 32.6 Å². The van der Waals surface area contributed by atoms with Crippen molar-refractivity contribution in [1.82, 2.24) is 9.29 Å². The Morgan fingerprint density at radius 1 is 1.03 bits per heavy atom. The zero-order valence-electron chi connectivity index (χ0n) is 16.6. The molecule has 0 spiro atoms. The molecule has 1 fully saturated rings. The van der Waals surface area contributed by atoms with Crippen LogP contribution in [0.2, 0.25) is 0 Å². The number of carbonyl (C=O) groups is 1. The van der Waals surface area contributed by atoms with E-state index in [1.807, 2.05) is 24.3 Å². The lowest BCUT2D eigenvalue weighted by Crippen LogP contribution is -2.35. The molecule has 0 unspecified atom stereocenters. The molecular weight excluding hydrogens is 420 g/mol. The van der Waals surface area contributed by atoms with E-state index in [1.165, 1.54) is 11.3 Å². The summed E-state index contributed by atoms with van der Waals surface area (Å²) < 4.78 is 33.4. The third-order valence-corrected chi connectivity index (χ3v) is 8.11. The summed E-state index contributed by atoms with van der Waals surface area (Å²) in [4.78, 5) is 16.9. The minimum Gasteiger partial charge on any atom is -0.458 e. The van der Waals surface area contributed by atoms with Crippen LogP contribution in [0.25, 0.3) is 10.2 Å². The van der Waals surface area contributed by atoms with Crippen LogP contribution in [0.5, 0.6) is 0 Å². The van der Waals surface area contributed by atoms with Crippen LogP contribution in [0.15, 0.2) is 53.4 Å². The number of esters is 1. The molecule has 1 aromatic heterocycles. The molecule has 6 nitrogen and oxygen atoms in total. The fourth-order valence-corrected chi connectivity index (χ4v) is 5.92. The van der Waals surface area contributed by atoms with Crippen molar-refractivity contribution in [3.05, 3.63) is 59.1 Å². The molecule has 2 heterocycles. The fraction of sp³-hybridized carbons (Fsp3) is 0.364. The van der Waals surface area contributed by atoms with Gasteiger partial charge in [-0.2, -0.15) is 4.31 Å². The minimum absolute atomic E-state index is 0.172. The highest BCUT2D eigenvalue weighted by atomic mass is 32.2. The summed E-state index contributed by atoms with van der Waals surface area (Å²) in [5.74, 6) is -0.292. The molecule has 0 radical (unpaired) electrons. The summed E-state index contributed by atoms with van der Waals surface area (Å²) >= 11 is 1.52. The van der Waals surface area contributed by atoms with Crippen molar-refractivity contribution in [3.8, 4) is 0 Å². The summed E-state index contributed by atoms with van der Waals surface area (Å²) in [6.07, 6.45) is 3.65. The van der Waals surface area contributed by atoms with Crippen molar-refractivity contribution in [3.63, 3.8) is 0 Å². The molecule has 30 heavy (non-hydrogen) atoms. The number of rotatable bonds is 7. The number of benzene rings is 2. The van der Waals surface area contributed by atoms with Crippen molar-refractivity contribution in [2.24, 2.45) is 0 Å². The van der Waals surface area contributed by atoms with E-state index in [4.69, 9.17) is 4.74 Å². The third-order valence-electron chi connectivity index (χ3n) is 5.19. The van der Waals surface area contributed by atoms with E-state index in [9.17, 15) is 13.2 Å². The fourth-order valence-electron chi connectivity index (χ4n) is 3.52. The zero-order valence-corrected chi connectivity index (χ0v) is 18.3. The van der Waals surface area contributed by atoms with Gasteiger partial charge in [-0.15, -0.1) is 11.3 Å². The molecule has 0 bridgehead atoms.